The van der Waals surface area contributed by atoms with E-state index in [2.05, 4.69) is 60.5 Å². The van der Waals surface area contributed by atoms with Crippen LogP contribution < -0.4 is 0 Å². The molecule has 0 aromatic heterocycles. The minimum Gasteiger partial charge on any atom is -0.462 e. The summed E-state index contributed by atoms with van der Waals surface area (Å²) >= 11 is 0. The molecule has 4 fully saturated rings. The van der Waals surface area contributed by atoms with Gasteiger partial charge in [-0.05, 0) is 84.7 Å². The Bertz CT molecular complexity index is 928. The lowest BCUT2D eigenvalue weighted by molar-refractivity contribution is -0.176. The van der Waals surface area contributed by atoms with Gasteiger partial charge in [0, 0.05) is 24.3 Å². The van der Waals surface area contributed by atoms with E-state index >= 15 is 0 Å². The molecule has 4 heterocycles. The molecule has 4 bridgehead atoms. The molecule has 0 radical (unpaired) electrons. The Balaban J connectivity index is 1.56. The molecule has 4 rings (SSSR count). The van der Waals surface area contributed by atoms with E-state index in [-0.39, 0.29) is 84.4 Å². The minimum atomic E-state index is -0.342. The normalized spacial score (nSPS) is 39.5. The molecule has 0 aromatic carbocycles. The molecule has 0 aliphatic carbocycles. The first-order valence-electron chi connectivity index (χ1n) is 18.6. The van der Waals surface area contributed by atoms with E-state index in [0.29, 0.717) is 25.3 Å². The maximum absolute atomic E-state index is 14.0. The molecule has 0 aromatic rings. The number of hydrogen-bond donors (Lipinski definition) is 0. The largest absolute Gasteiger partial charge is 0.462 e. The second-order valence-electron chi connectivity index (χ2n) is 14.9. The first kappa shape index (κ1) is 36.6. The number of carbonyl (C=O) groups is 2. The van der Waals surface area contributed by atoms with Crippen molar-refractivity contribution in [1.82, 2.24) is 4.90 Å². The van der Waals surface area contributed by atoms with Crippen LogP contribution in [0.5, 0.6) is 0 Å². The standard InChI is InChI=1S/C37H65NO7/c1-9-13-25(38(7)8)21-27-15-17-31(41-27)23(5)35-24(6)32-19-20-34(44-32)30(12-4)36(39)43-26(14-10-2)22-28-16-18-33(42-28)29(11-3)37(40)45-35/h23-35H,9-22H2,1-8H3/t23-,24-,25-,26-,27+,28+,29-,30-,31-,32+,33-,34-,35+/m1/s1. The fourth-order valence-corrected chi connectivity index (χ4v) is 8.68. The molecule has 0 saturated carbocycles. The summed E-state index contributed by atoms with van der Waals surface area (Å²) in [5.41, 5.74) is 0. The molecule has 13 atom stereocenters. The second-order valence-corrected chi connectivity index (χ2v) is 14.9. The fourth-order valence-electron chi connectivity index (χ4n) is 8.68. The SMILES string of the molecule is CCC[C@@H]1C[C@@H]2CC[C@@H](O2)[C@@H](CC)C(=O)O[C@@H]([C@H](C)[C@H]2CC[C@@H](C[C@@H](CCC)N(C)C)O2)[C@H](C)[C@@H]2CC[C@@H](O2)[C@@H](CC)C(=O)O1. The number of rotatable bonds is 11. The number of cyclic esters (lactones) is 2. The van der Waals surface area contributed by atoms with Crippen molar-refractivity contribution in [3.63, 3.8) is 0 Å². The zero-order valence-electron chi connectivity index (χ0n) is 29.7. The lowest BCUT2D eigenvalue weighted by atomic mass is 9.84. The van der Waals surface area contributed by atoms with Crippen LogP contribution in [0.3, 0.4) is 0 Å². The summed E-state index contributed by atoms with van der Waals surface area (Å²) in [7, 11) is 4.33. The zero-order chi connectivity index (χ0) is 32.7. The van der Waals surface area contributed by atoms with E-state index in [0.717, 1.165) is 64.2 Å². The summed E-state index contributed by atoms with van der Waals surface area (Å²) < 4.78 is 32.7. The summed E-state index contributed by atoms with van der Waals surface area (Å²) in [4.78, 5) is 29.9. The van der Waals surface area contributed by atoms with Crippen molar-refractivity contribution in [3.8, 4) is 0 Å². The van der Waals surface area contributed by atoms with Crippen LogP contribution in [0.2, 0.25) is 0 Å². The summed E-state index contributed by atoms with van der Waals surface area (Å²) in [6.45, 7) is 12.8. The Hall–Kier alpha value is -1.22. The maximum atomic E-state index is 14.0. The van der Waals surface area contributed by atoms with E-state index in [4.69, 9.17) is 23.7 Å². The van der Waals surface area contributed by atoms with Gasteiger partial charge in [-0.1, -0.05) is 54.4 Å². The van der Waals surface area contributed by atoms with E-state index in [1.165, 1.54) is 6.42 Å². The fraction of sp³-hybridized carbons (Fsp3) is 0.946. The minimum absolute atomic E-state index is 0.0162. The zero-order valence-corrected chi connectivity index (χ0v) is 29.7. The van der Waals surface area contributed by atoms with Gasteiger partial charge in [-0.25, -0.2) is 0 Å². The Morgan fingerprint density at radius 1 is 0.756 bits per heavy atom. The number of nitrogens with zero attached hydrogens (tertiary/aromatic N) is 1. The Kier molecular flexibility index (Phi) is 14.0. The van der Waals surface area contributed by atoms with E-state index in [1.807, 2.05) is 0 Å². The monoisotopic (exact) mass is 635 g/mol. The highest BCUT2D eigenvalue weighted by Gasteiger charge is 2.46. The lowest BCUT2D eigenvalue weighted by Crippen LogP contribution is -2.45. The van der Waals surface area contributed by atoms with Crippen LogP contribution in [-0.4, -0.2) is 85.8 Å². The van der Waals surface area contributed by atoms with E-state index in [1.54, 1.807) is 0 Å². The summed E-state index contributed by atoms with van der Waals surface area (Å²) in [6, 6.07) is 0.508. The first-order valence-corrected chi connectivity index (χ1v) is 18.6. The van der Waals surface area contributed by atoms with Crippen molar-refractivity contribution in [1.29, 1.82) is 0 Å². The highest BCUT2D eigenvalue weighted by Crippen LogP contribution is 2.40. The quantitative estimate of drug-likeness (QED) is 0.222. The van der Waals surface area contributed by atoms with Crippen molar-refractivity contribution >= 4 is 11.9 Å². The number of ether oxygens (including phenoxy) is 5. The summed E-state index contributed by atoms with van der Waals surface area (Å²) in [5, 5.41) is 0. The van der Waals surface area contributed by atoms with Gasteiger partial charge in [0.25, 0.3) is 0 Å². The van der Waals surface area contributed by atoms with Crippen molar-refractivity contribution in [3.05, 3.63) is 0 Å². The third-order valence-electron chi connectivity index (χ3n) is 11.5. The molecule has 0 amide bonds. The Labute approximate surface area is 274 Å². The van der Waals surface area contributed by atoms with Gasteiger partial charge in [0.1, 0.15) is 12.2 Å². The van der Waals surface area contributed by atoms with Crippen LogP contribution in [0.25, 0.3) is 0 Å². The van der Waals surface area contributed by atoms with Crippen LogP contribution in [0.15, 0.2) is 0 Å². The van der Waals surface area contributed by atoms with Crippen molar-refractivity contribution in [2.24, 2.45) is 23.7 Å². The number of fused-ring (bicyclic) bond motifs is 4. The Morgan fingerprint density at radius 3 is 2.04 bits per heavy atom. The van der Waals surface area contributed by atoms with Gasteiger partial charge in [-0.2, -0.15) is 0 Å². The molecular formula is C37H65NO7. The molecule has 4 saturated heterocycles. The van der Waals surface area contributed by atoms with E-state index < -0.39 is 0 Å². The summed E-state index contributed by atoms with van der Waals surface area (Å²) in [5.74, 6) is -0.900. The molecule has 4 aliphatic rings. The third-order valence-corrected chi connectivity index (χ3v) is 11.5. The maximum Gasteiger partial charge on any atom is 0.311 e. The smallest absolute Gasteiger partial charge is 0.311 e. The highest BCUT2D eigenvalue weighted by atomic mass is 16.6. The van der Waals surface area contributed by atoms with Gasteiger partial charge >= 0.3 is 11.9 Å². The van der Waals surface area contributed by atoms with Crippen LogP contribution in [0.1, 0.15) is 131 Å². The van der Waals surface area contributed by atoms with Crippen molar-refractivity contribution < 1.29 is 33.3 Å². The number of esters is 2. The predicted molar refractivity (Wildman–Crippen MR) is 176 cm³/mol. The van der Waals surface area contributed by atoms with Gasteiger partial charge in [-0.3, -0.25) is 9.59 Å². The second kappa shape index (κ2) is 17.3. The van der Waals surface area contributed by atoms with Gasteiger partial charge in [-0.15, -0.1) is 0 Å². The van der Waals surface area contributed by atoms with Gasteiger partial charge in [0.15, 0.2) is 0 Å². The van der Waals surface area contributed by atoms with Crippen molar-refractivity contribution in [2.75, 3.05) is 14.1 Å². The lowest BCUT2D eigenvalue weighted by Gasteiger charge is -2.37. The average molecular weight is 636 g/mol. The predicted octanol–water partition coefficient (Wildman–Crippen LogP) is 7.10. The number of carbonyl (C=O) groups excluding carboxylic acids is 2. The van der Waals surface area contributed by atoms with Crippen LogP contribution in [0, 0.1) is 23.7 Å². The third kappa shape index (κ3) is 9.23. The molecule has 4 aliphatic heterocycles. The van der Waals surface area contributed by atoms with Gasteiger partial charge in [0.2, 0.25) is 0 Å². The first-order chi connectivity index (χ1) is 21.6. The average Bonchev–Trinajstić information content (AvgIpc) is 3.78. The molecular weight excluding hydrogens is 570 g/mol. The van der Waals surface area contributed by atoms with Gasteiger partial charge < -0.3 is 28.6 Å². The van der Waals surface area contributed by atoms with Crippen LogP contribution >= 0.6 is 0 Å². The molecule has 0 spiro atoms. The van der Waals surface area contributed by atoms with Gasteiger partial charge in [0.05, 0.1) is 48.5 Å². The highest BCUT2D eigenvalue weighted by molar-refractivity contribution is 5.74. The van der Waals surface area contributed by atoms with E-state index in [9.17, 15) is 9.59 Å². The molecule has 0 N–H and O–H groups in total. The molecule has 45 heavy (non-hydrogen) atoms. The molecule has 260 valence electrons. The Morgan fingerprint density at radius 2 is 1.40 bits per heavy atom. The van der Waals surface area contributed by atoms with Crippen LogP contribution in [0.4, 0.5) is 0 Å². The summed E-state index contributed by atoms with van der Waals surface area (Å²) in [6.07, 6.45) is 11.8. The topological polar surface area (TPSA) is 83.5 Å². The van der Waals surface area contributed by atoms with Crippen molar-refractivity contribution in [2.45, 2.75) is 186 Å². The molecule has 8 nitrogen and oxygen atoms in total. The van der Waals surface area contributed by atoms with Crippen LogP contribution in [-0.2, 0) is 33.3 Å². The number of hydrogen-bond acceptors (Lipinski definition) is 8. The molecule has 0 unspecified atom stereocenters. The molecule has 8 heteroatoms.